The Morgan fingerprint density at radius 2 is 2.17 bits per heavy atom. The van der Waals surface area contributed by atoms with Crippen molar-refractivity contribution < 1.29 is 14.7 Å². The lowest BCUT2D eigenvalue weighted by Crippen LogP contribution is -2.08. The minimum absolute atomic E-state index is 0.160. The number of ketones is 1. The summed E-state index contributed by atoms with van der Waals surface area (Å²) in [7, 11) is 0. The van der Waals surface area contributed by atoms with Crippen LogP contribution in [0.4, 0.5) is 0 Å². The van der Waals surface area contributed by atoms with E-state index in [1.807, 2.05) is 0 Å². The van der Waals surface area contributed by atoms with Crippen molar-refractivity contribution in [2.45, 2.75) is 6.42 Å². The van der Waals surface area contributed by atoms with Gasteiger partial charge in [-0.3, -0.25) is 14.7 Å². The van der Waals surface area contributed by atoms with E-state index in [-0.39, 0.29) is 5.78 Å². The Morgan fingerprint density at radius 1 is 1.39 bits per heavy atom. The zero-order chi connectivity index (χ0) is 12.9. The van der Waals surface area contributed by atoms with Crippen molar-refractivity contribution in [3.8, 4) is 0 Å². The summed E-state index contributed by atoms with van der Waals surface area (Å²) in [5.41, 5.74) is 1.13. The third-order valence-corrected chi connectivity index (χ3v) is 3.53. The minimum atomic E-state index is -0.913. The van der Waals surface area contributed by atoms with Gasteiger partial charge in [-0.05, 0) is 18.6 Å². The summed E-state index contributed by atoms with van der Waals surface area (Å²) < 4.78 is 0. The van der Waals surface area contributed by atoms with E-state index in [0.29, 0.717) is 22.5 Å². The van der Waals surface area contributed by atoms with Crippen LogP contribution in [-0.2, 0) is 4.79 Å². The molecule has 2 aromatic rings. The molecule has 0 radical (unpaired) electrons. The molecule has 2 N–H and O–H groups in total. The molecule has 6 heteroatoms. The first-order valence-electron chi connectivity index (χ1n) is 5.47. The lowest BCUT2D eigenvalue weighted by atomic mass is 10.0. The van der Waals surface area contributed by atoms with E-state index in [1.165, 1.54) is 0 Å². The average molecular weight is 265 g/mol. The Morgan fingerprint density at radius 3 is 2.83 bits per heavy atom. The summed E-state index contributed by atoms with van der Waals surface area (Å²) in [6.07, 6.45) is 1.99. The predicted octanol–water partition coefficient (Wildman–Crippen LogP) is 2.12. The summed E-state index contributed by atoms with van der Waals surface area (Å²) >= 11 is 6.03. The molecule has 2 unspecified atom stereocenters. The van der Waals surface area contributed by atoms with E-state index in [0.717, 1.165) is 5.39 Å². The number of benzene rings is 1. The number of nitrogens with one attached hydrogen (secondary N) is 1. The van der Waals surface area contributed by atoms with E-state index >= 15 is 0 Å². The van der Waals surface area contributed by atoms with Crippen LogP contribution in [0, 0.1) is 11.8 Å². The number of carboxylic acids is 1. The Kier molecular flexibility index (Phi) is 2.38. The maximum atomic E-state index is 12.1. The van der Waals surface area contributed by atoms with Crippen LogP contribution in [0.25, 0.3) is 10.9 Å². The monoisotopic (exact) mass is 264 g/mol. The average Bonchev–Trinajstić information content (AvgIpc) is 2.99. The molecule has 0 bridgehead atoms. The van der Waals surface area contributed by atoms with Crippen LogP contribution in [0.2, 0.25) is 5.02 Å². The molecule has 2 atom stereocenters. The Bertz CT molecular complexity index is 664. The van der Waals surface area contributed by atoms with Gasteiger partial charge in [-0.25, -0.2) is 0 Å². The molecule has 0 aliphatic heterocycles. The van der Waals surface area contributed by atoms with E-state index in [9.17, 15) is 9.59 Å². The zero-order valence-electron chi connectivity index (χ0n) is 9.18. The maximum absolute atomic E-state index is 12.1. The highest BCUT2D eigenvalue weighted by molar-refractivity contribution is 6.35. The molecule has 92 valence electrons. The summed E-state index contributed by atoms with van der Waals surface area (Å²) in [5, 5.41) is 16.6. The number of rotatable bonds is 3. The lowest BCUT2D eigenvalue weighted by molar-refractivity contribution is -0.138. The Balaban J connectivity index is 1.95. The summed E-state index contributed by atoms with van der Waals surface area (Å²) in [4.78, 5) is 22.8. The number of aromatic amines is 1. The second kappa shape index (κ2) is 3.81. The molecule has 5 nitrogen and oxygen atoms in total. The van der Waals surface area contributed by atoms with Gasteiger partial charge in [-0.15, -0.1) is 0 Å². The van der Waals surface area contributed by atoms with Gasteiger partial charge in [0.2, 0.25) is 0 Å². The molecule has 18 heavy (non-hydrogen) atoms. The number of aromatic nitrogens is 2. The van der Waals surface area contributed by atoms with Crippen molar-refractivity contribution in [1.82, 2.24) is 10.2 Å². The van der Waals surface area contributed by atoms with Crippen molar-refractivity contribution >= 4 is 34.3 Å². The molecule has 3 rings (SSSR count). The number of carbonyl (C=O) groups is 2. The van der Waals surface area contributed by atoms with Gasteiger partial charge in [0.1, 0.15) is 0 Å². The molecule has 1 heterocycles. The summed E-state index contributed by atoms with van der Waals surface area (Å²) in [5.74, 6) is -2.03. The van der Waals surface area contributed by atoms with Gasteiger partial charge < -0.3 is 5.11 Å². The van der Waals surface area contributed by atoms with Gasteiger partial charge in [0, 0.05) is 16.9 Å². The van der Waals surface area contributed by atoms with Crippen LogP contribution in [0.1, 0.15) is 16.8 Å². The number of carbonyl (C=O) groups excluding carboxylic acids is 1. The number of fused-ring (bicyclic) bond motifs is 1. The van der Waals surface area contributed by atoms with Crippen molar-refractivity contribution in [1.29, 1.82) is 0 Å². The lowest BCUT2D eigenvalue weighted by Gasteiger charge is -2.01. The quantitative estimate of drug-likeness (QED) is 0.832. The van der Waals surface area contributed by atoms with Gasteiger partial charge in [0.25, 0.3) is 0 Å². The third-order valence-electron chi connectivity index (χ3n) is 3.23. The highest BCUT2D eigenvalue weighted by atomic mass is 35.5. The number of hydrogen-bond acceptors (Lipinski definition) is 3. The number of nitrogens with zero attached hydrogens (tertiary/aromatic N) is 1. The Hall–Kier alpha value is -1.88. The first kappa shape index (κ1) is 11.2. The van der Waals surface area contributed by atoms with Crippen LogP contribution in [0.15, 0.2) is 18.3 Å². The van der Waals surface area contributed by atoms with E-state index in [4.69, 9.17) is 16.7 Å². The molecule has 1 fully saturated rings. The summed E-state index contributed by atoms with van der Waals surface area (Å²) in [6, 6.07) is 3.24. The number of halogens is 1. The highest BCUT2D eigenvalue weighted by Gasteiger charge is 2.48. The first-order chi connectivity index (χ1) is 8.58. The number of Topliss-reactive ketones (excluding diaryl/α,β-unsaturated/α-hetero) is 1. The smallest absolute Gasteiger partial charge is 0.307 e. The highest BCUT2D eigenvalue weighted by Crippen LogP contribution is 2.41. The molecule has 1 aromatic carbocycles. The fourth-order valence-electron chi connectivity index (χ4n) is 2.13. The van der Waals surface area contributed by atoms with Crippen LogP contribution in [0.5, 0.6) is 0 Å². The van der Waals surface area contributed by atoms with Crippen LogP contribution >= 0.6 is 11.6 Å². The standard InChI is InChI=1S/C12H9ClN2O3/c13-9-2-5(1-6-4-14-15-10(6)9)11(16)7-3-8(7)12(17)18/h1-2,4,7-8H,3H2,(H,14,15)(H,17,18). The van der Waals surface area contributed by atoms with Gasteiger partial charge in [-0.2, -0.15) is 5.10 Å². The van der Waals surface area contributed by atoms with Gasteiger partial charge in [-0.1, -0.05) is 11.6 Å². The summed E-state index contributed by atoms with van der Waals surface area (Å²) in [6.45, 7) is 0. The maximum Gasteiger partial charge on any atom is 0.307 e. The fraction of sp³-hybridized carbons (Fsp3) is 0.250. The largest absolute Gasteiger partial charge is 0.481 e. The topological polar surface area (TPSA) is 83.0 Å². The van der Waals surface area contributed by atoms with Gasteiger partial charge in [0.05, 0.1) is 22.7 Å². The number of carboxylic acid groups (broad SMARTS) is 1. The molecular formula is C12H9ClN2O3. The SMILES string of the molecule is O=C(O)C1CC1C(=O)c1cc(Cl)c2[nH]ncc2c1. The Labute approximate surface area is 107 Å². The van der Waals surface area contributed by atoms with Crippen molar-refractivity contribution in [2.24, 2.45) is 11.8 Å². The second-order valence-corrected chi connectivity index (χ2v) is 4.85. The van der Waals surface area contributed by atoms with Crippen molar-refractivity contribution in [3.05, 3.63) is 28.9 Å². The molecular weight excluding hydrogens is 256 g/mol. The van der Waals surface area contributed by atoms with E-state index in [1.54, 1.807) is 18.3 Å². The minimum Gasteiger partial charge on any atom is -0.481 e. The molecule has 1 aliphatic carbocycles. The van der Waals surface area contributed by atoms with Crippen LogP contribution in [0.3, 0.4) is 0 Å². The fourth-order valence-corrected chi connectivity index (χ4v) is 2.40. The molecule has 0 amide bonds. The van der Waals surface area contributed by atoms with Crippen molar-refractivity contribution in [3.63, 3.8) is 0 Å². The van der Waals surface area contributed by atoms with E-state index < -0.39 is 17.8 Å². The molecule has 0 spiro atoms. The third kappa shape index (κ3) is 1.67. The van der Waals surface area contributed by atoms with Gasteiger partial charge in [0.15, 0.2) is 5.78 Å². The molecule has 0 saturated heterocycles. The number of hydrogen-bond donors (Lipinski definition) is 2. The molecule has 1 saturated carbocycles. The molecule has 1 aromatic heterocycles. The number of aliphatic carboxylic acids is 1. The molecule has 1 aliphatic rings. The number of H-pyrrole nitrogens is 1. The first-order valence-corrected chi connectivity index (χ1v) is 5.85. The second-order valence-electron chi connectivity index (χ2n) is 4.44. The van der Waals surface area contributed by atoms with Crippen LogP contribution in [-0.4, -0.2) is 27.1 Å². The van der Waals surface area contributed by atoms with Gasteiger partial charge >= 0.3 is 5.97 Å². The predicted molar refractivity (Wildman–Crippen MR) is 64.7 cm³/mol. The van der Waals surface area contributed by atoms with Crippen molar-refractivity contribution in [2.75, 3.05) is 0 Å². The normalized spacial score (nSPS) is 22.1. The zero-order valence-corrected chi connectivity index (χ0v) is 9.94. The van der Waals surface area contributed by atoms with E-state index in [2.05, 4.69) is 10.2 Å². The van der Waals surface area contributed by atoms with Crippen LogP contribution < -0.4 is 0 Å².